The zero-order valence-electron chi connectivity index (χ0n) is 13.7. The lowest BCUT2D eigenvalue weighted by Crippen LogP contribution is -2.67. The number of barbiturate groups is 1. The Balaban J connectivity index is 1.92. The average molecular weight is 331 g/mol. The van der Waals surface area contributed by atoms with Crippen molar-refractivity contribution in [2.45, 2.75) is 18.8 Å². The molecular formula is C17H21N3O4. The Bertz CT molecular complexity index is 642. The molecule has 128 valence electrons. The summed E-state index contributed by atoms with van der Waals surface area (Å²) in [6, 6.07) is 8.25. The predicted molar refractivity (Wildman–Crippen MR) is 86.1 cm³/mol. The van der Waals surface area contributed by atoms with Crippen molar-refractivity contribution >= 4 is 17.8 Å². The lowest BCUT2D eigenvalue weighted by molar-refractivity contribution is -0.147. The fourth-order valence-electron chi connectivity index (χ4n) is 3.26. The van der Waals surface area contributed by atoms with Gasteiger partial charge in [-0.1, -0.05) is 37.3 Å². The van der Waals surface area contributed by atoms with Gasteiger partial charge in [-0.05, 0) is 12.0 Å². The second-order valence-electron chi connectivity index (χ2n) is 5.99. The van der Waals surface area contributed by atoms with E-state index in [-0.39, 0.29) is 13.1 Å². The lowest BCUT2D eigenvalue weighted by Gasteiger charge is -2.41. The van der Waals surface area contributed by atoms with Crippen LogP contribution in [0.3, 0.4) is 0 Å². The van der Waals surface area contributed by atoms with E-state index in [0.717, 1.165) is 4.90 Å². The van der Waals surface area contributed by atoms with Crippen LogP contribution in [-0.4, -0.2) is 60.6 Å². The third kappa shape index (κ3) is 2.70. The predicted octanol–water partition coefficient (Wildman–Crippen LogP) is 0.702. The number of benzene rings is 1. The number of urea groups is 1. The number of hydrogen-bond donors (Lipinski definition) is 1. The number of nitrogens with one attached hydrogen (secondary N) is 1. The minimum atomic E-state index is -1.36. The first kappa shape index (κ1) is 16.6. The van der Waals surface area contributed by atoms with Gasteiger partial charge in [-0.2, -0.15) is 0 Å². The van der Waals surface area contributed by atoms with E-state index in [4.69, 9.17) is 4.74 Å². The Labute approximate surface area is 140 Å². The van der Waals surface area contributed by atoms with Crippen LogP contribution in [0.1, 0.15) is 18.9 Å². The fourth-order valence-corrected chi connectivity index (χ4v) is 3.26. The van der Waals surface area contributed by atoms with Crippen LogP contribution in [0, 0.1) is 0 Å². The Morgan fingerprint density at radius 3 is 2.42 bits per heavy atom. The Hall–Kier alpha value is -2.25. The van der Waals surface area contributed by atoms with E-state index in [0.29, 0.717) is 31.9 Å². The number of morpholine rings is 1. The number of nitrogens with zero attached hydrogens (tertiary/aromatic N) is 2. The summed E-state index contributed by atoms with van der Waals surface area (Å²) >= 11 is 0. The molecule has 0 unspecified atom stereocenters. The molecule has 0 spiro atoms. The molecule has 1 N–H and O–H groups in total. The smallest absolute Gasteiger partial charge is 0.331 e. The van der Waals surface area contributed by atoms with Crippen molar-refractivity contribution in [3.63, 3.8) is 0 Å². The highest BCUT2D eigenvalue weighted by atomic mass is 16.5. The van der Waals surface area contributed by atoms with Crippen LogP contribution in [-0.2, 0) is 19.7 Å². The second kappa shape index (κ2) is 6.70. The lowest BCUT2D eigenvalue weighted by atomic mass is 9.75. The van der Waals surface area contributed by atoms with Crippen molar-refractivity contribution in [1.82, 2.24) is 15.1 Å². The molecule has 1 aromatic rings. The molecule has 2 aliphatic heterocycles. The summed E-state index contributed by atoms with van der Waals surface area (Å²) in [6.07, 6.45) is 0.286. The largest absolute Gasteiger partial charge is 0.379 e. The van der Waals surface area contributed by atoms with Crippen LogP contribution in [0.4, 0.5) is 4.79 Å². The molecule has 7 nitrogen and oxygen atoms in total. The third-order valence-electron chi connectivity index (χ3n) is 4.71. The highest BCUT2D eigenvalue weighted by Crippen LogP contribution is 2.33. The van der Waals surface area contributed by atoms with Crippen molar-refractivity contribution in [2.24, 2.45) is 0 Å². The summed E-state index contributed by atoms with van der Waals surface area (Å²) in [4.78, 5) is 41.1. The molecule has 7 heteroatoms. The molecule has 1 aromatic carbocycles. The van der Waals surface area contributed by atoms with E-state index >= 15 is 0 Å². The van der Waals surface area contributed by atoms with Crippen molar-refractivity contribution in [1.29, 1.82) is 0 Å². The van der Waals surface area contributed by atoms with Crippen molar-refractivity contribution in [3.05, 3.63) is 35.9 Å². The summed E-state index contributed by atoms with van der Waals surface area (Å²) < 4.78 is 5.29. The maximum atomic E-state index is 13.2. The maximum absolute atomic E-state index is 13.2. The molecule has 4 amide bonds. The molecule has 1 atom stereocenters. The monoisotopic (exact) mass is 331 g/mol. The number of imide groups is 2. The number of amides is 4. The molecule has 0 aliphatic carbocycles. The number of ether oxygens (including phenoxy) is 1. The Morgan fingerprint density at radius 1 is 1.12 bits per heavy atom. The Morgan fingerprint density at radius 2 is 1.79 bits per heavy atom. The highest BCUT2D eigenvalue weighted by molar-refractivity contribution is 6.22. The van der Waals surface area contributed by atoms with Gasteiger partial charge in [-0.3, -0.25) is 19.8 Å². The van der Waals surface area contributed by atoms with Gasteiger partial charge in [-0.25, -0.2) is 9.69 Å². The minimum absolute atomic E-state index is 0.163. The minimum Gasteiger partial charge on any atom is -0.379 e. The van der Waals surface area contributed by atoms with E-state index in [1.165, 1.54) is 0 Å². The van der Waals surface area contributed by atoms with Gasteiger partial charge in [-0.15, -0.1) is 0 Å². The molecule has 0 radical (unpaired) electrons. The van der Waals surface area contributed by atoms with E-state index in [1.807, 2.05) is 11.0 Å². The molecule has 2 aliphatic rings. The summed E-state index contributed by atoms with van der Waals surface area (Å²) in [7, 11) is 0. The quantitative estimate of drug-likeness (QED) is 0.822. The summed E-state index contributed by atoms with van der Waals surface area (Å²) in [5.74, 6) is -1.01. The number of rotatable bonds is 4. The normalized spacial score (nSPS) is 25.7. The van der Waals surface area contributed by atoms with E-state index in [1.54, 1.807) is 31.2 Å². The zero-order chi connectivity index (χ0) is 17.2. The molecule has 24 heavy (non-hydrogen) atoms. The molecule has 0 aromatic heterocycles. The second-order valence-corrected chi connectivity index (χ2v) is 5.99. The standard InChI is InChI=1S/C17H21N3O4/c1-2-17(13-6-4-3-5-7-13)14(21)18-16(23)20(15(17)22)12-19-8-10-24-11-9-19/h3-7H,2,8-12H2,1H3,(H,18,21,23)/t17-/m1/s1. The first-order valence-electron chi connectivity index (χ1n) is 8.12. The average Bonchev–Trinajstić information content (AvgIpc) is 2.61. The number of carbonyl (C=O) groups is 3. The topological polar surface area (TPSA) is 79.0 Å². The van der Waals surface area contributed by atoms with Crippen molar-refractivity contribution < 1.29 is 19.1 Å². The van der Waals surface area contributed by atoms with E-state index < -0.39 is 23.3 Å². The molecule has 2 fully saturated rings. The van der Waals surface area contributed by atoms with Crippen LogP contribution in [0.25, 0.3) is 0 Å². The third-order valence-corrected chi connectivity index (χ3v) is 4.71. The number of carbonyl (C=O) groups excluding carboxylic acids is 3. The van der Waals surface area contributed by atoms with Gasteiger partial charge in [0.15, 0.2) is 5.41 Å². The molecule has 2 heterocycles. The maximum Gasteiger partial charge on any atom is 0.331 e. The fraction of sp³-hybridized carbons (Fsp3) is 0.471. The van der Waals surface area contributed by atoms with Crippen LogP contribution < -0.4 is 5.32 Å². The molecular weight excluding hydrogens is 310 g/mol. The SMILES string of the molecule is CC[C@@]1(c2ccccc2)C(=O)NC(=O)N(CN2CCOCC2)C1=O. The molecule has 0 saturated carbocycles. The van der Waals surface area contributed by atoms with Gasteiger partial charge in [0.1, 0.15) is 0 Å². The zero-order valence-corrected chi connectivity index (χ0v) is 13.7. The number of hydrogen-bond acceptors (Lipinski definition) is 5. The van der Waals surface area contributed by atoms with Gasteiger partial charge in [0, 0.05) is 13.1 Å². The van der Waals surface area contributed by atoms with Crippen LogP contribution in [0.15, 0.2) is 30.3 Å². The van der Waals surface area contributed by atoms with E-state index in [2.05, 4.69) is 5.32 Å². The molecule has 2 saturated heterocycles. The molecule has 3 rings (SSSR count). The first-order valence-corrected chi connectivity index (χ1v) is 8.12. The van der Waals surface area contributed by atoms with Crippen LogP contribution in [0.5, 0.6) is 0 Å². The summed E-state index contributed by atoms with van der Waals surface area (Å²) in [6.45, 7) is 4.38. The highest BCUT2D eigenvalue weighted by Gasteiger charge is 2.54. The Kier molecular flexibility index (Phi) is 4.64. The van der Waals surface area contributed by atoms with Crippen molar-refractivity contribution in [3.8, 4) is 0 Å². The van der Waals surface area contributed by atoms with E-state index in [9.17, 15) is 14.4 Å². The van der Waals surface area contributed by atoms with Crippen molar-refractivity contribution in [2.75, 3.05) is 33.0 Å². The molecule has 0 bridgehead atoms. The van der Waals surface area contributed by atoms with Crippen LogP contribution in [0.2, 0.25) is 0 Å². The van der Waals surface area contributed by atoms with Gasteiger partial charge in [0.25, 0.3) is 5.91 Å². The van der Waals surface area contributed by atoms with Gasteiger partial charge < -0.3 is 4.74 Å². The first-order chi connectivity index (χ1) is 11.6. The summed E-state index contributed by atoms with van der Waals surface area (Å²) in [5, 5.41) is 2.36. The van der Waals surface area contributed by atoms with Crippen LogP contribution >= 0.6 is 0 Å². The summed E-state index contributed by atoms with van der Waals surface area (Å²) in [5.41, 5.74) is -0.754. The van der Waals surface area contributed by atoms with Gasteiger partial charge >= 0.3 is 6.03 Å². The van der Waals surface area contributed by atoms with Gasteiger partial charge in [0.05, 0.1) is 19.9 Å². The van der Waals surface area contributed by atoms with Gasteiger partial charge in [0.2, 0.25) is 5.91 Å².